The Morgan fingerprint density at radius 3 is 1.97 bits per heavy atom. The Hall–Kier alpha value is -3.08. The molecular formula is C29H32NO3+. The van der Waals surface area contributed by atoms with Crippen LogP contribution in [-0.4, -0.2) is 58.1 Å². The predicted octanol–water partition coefficient (Wildman–Crippen LogP) is 5.45. The van der Waals surface area contributed by atoms with Crippen LogP contribution < -0.4 is 9.47 Å². The Bertz CT molecular complexity index is 1260. The van der Waals surface area contributed by atoms with Crippen LogP contribution in [-0.2, 0) is 11.2 Å². The van der Waals surface area contributed by atoms with Crippen molar-refractivity contribution in [3.8, 4) is 11.5 Å². The maximum absolute atomic E-state index is 6.47. The number of hydrogen-bond donors (Lipinski definition) is 0. The fourth-order valence-corrected chi connectivity index (χ4v) is 4.88. The third kappa shape index (κ3) is 4.54. The highest BCUT2D eigenvalue weighted by Gasteiger charge is 2.25. The summed E-state index contributed by atoms with van der Waals surface area (Å²) in [4.78, 5) is 0. The van der Waals surface area contributed by atoms with E-state index in [0.29, 0.717) is 6.61 Å². The van der Waals surface area contributed by atoms with Gasteiger partial charge in [-0.15, -0.1) is 0 Å². The number of morpholine rings is 1. The summed E-state index contributed by atoms with van der Waals surface area (Å²) >= 11 is 0. The number of quaternary nitrogens is 1. The monoisotopic (exact) mass is 442 g/mol. The van der Waals surface area contributed by atoms with E-state index in [2.05, 4.69) is 79.8 Å². The minimum Gasteiger partial charge on any atom is -0.496 e. The second kappa shape index (κ2) is 9.42. The summed E-state index contributed by atoms with van der Waals surface area (Å²) in [5.74, 6) is 1.88. The number of methoxy groups -OCH3 is 1. The number of fused-ring (bicyclic) bond motifs is 2. The third-order valence-corrected chi connectivity index (χ3v) is 7.01. The van der Waals surface area contributed by atoms with E-state index in [9.17, 15) is 0 Å². The zero-order valence-corrected chi connectivity index (χ0v) is 19.5. The van der Waals surface area contributed by atoms with Crippen LogP contribution in [0.4, 0.5) is 0 Å². The van der Waals surface area contributed by atoms with Gasteiger partial charge in [-0.2, -0.15) is 0 Å². The maximum atomic E-state index is 6.47. The van der Waals surface area contributed by atoms with Gasteiger partial charge >= 0.3 is 0 Å². The average Bonchev–Trinajstić information content (AvgIpc) is 2.85. The molecule has 1 heterocycles. The molecule has 0 atom stereocenters. The molecule has 170 valence electrons. The highest BCUT2D eigenvalue weighted by Crippen LogP contribution is 2.36. The van der Waals surface area contributed by atoms with E-state index in [1.165, 1.54) is 32.7 Å². The fraction of sp³-hybridized carbons (Fsp3) is 0.310. The molecule has 1 aliphatic rings. The molecule has 33 heavy (non-hydrogen) atoms. The lowest BCUT2D eigenvalue weighted by Crippen LogP contribution is -2.53. The Balaban J connectivity index is 1.51. The first-order valence-electron chi connectivity index (χ1n) is 11.8. The van der Waals surface area contributed by atoms with Gasteiger partial charge in [0, 0.05) is 17.5 Å². The molecular weight excluding hydrogens is 410 g/mol. The molecule has 1 fully saturated rings. The maximum Gasteiger partial charge on any atom is 0.137 e. The molecule has 0 radical (unpaired) electrons. The summed E-state index contributed by atoms with van der Waals surface area (Å²) in [6, 6.07) is 25.6. The van der Waals surface area contributed by atoms with Crippen LogP contribution in [0.15, 0.2) is 72.8 Å². The van der Waals surface area contributed by atoms with Crippen molar-refractivity contribution in [2.24, 2.45) is 0 Å². The highest BCUT2D eigenvalue weighted by molar-refractivity contribution is 5.91. The van der Waals surface area contributed by atoms with Crippen LogP contribution in [0.5, 0.6) is 11.5 Å². The van der Waals surface area contributed by atoms with Crippen molar-refractivity contribution in [3.05, 3.63) is 83.9 Å². The number of nitrogens with zero attached hydrogens (tertiary/aromatic N) is 1. The lowest BCUT2D eigenvalue weighted by atomic mass is 9.93. The summed E-state index contributed by atoms with van der Waals surface area (Å²) < 4.78 is 18.8. The molecule has 0 aliphatic carbocycles. The van der Waals surface area contributed by atoms with Crippen LogP contribution in [0.2, 0.25) is 0 Å². The highest BCUT2D eigenvalue weighted by atomic mass is 16.5. The van der Waals surface area contributed by atoms with E-state index in [0.717, 1.165) is 55.3 Å². The van der Waals surface area contributed by atoms with Crippen molar-refractivity contribution in [2.45, 2.75) is 6.42 Å². The zero-order valence-electron chi connectivity index (χ0n) is 19.5. The Morgan fingerprint density at radius 1 is 0.758 bits per heavy atom. The SMILES string of the molecule is COc1ccc2ccccc2c1Cc1c(OCC[N+]2(C)CCOCC2)ccc2ccccc12. The van der Waals surface area contributed by atoms with Crippen molar-refractivity contribution in [3.63, 3.8) is 0 Å². The number of ether oxygens (including phenoxy) is 3. The third-order valence-electron chi connectivity index (χ3n) is 7.01. The van der Waals surface area contributed by atoms with Crippen molar-refractivity contribution in [1.29, 1.82) is 0 Å². The number of rotatable bonds is 7. The van der Waals surface area contributed by atoms with Gasteiger partial charge in [0.25, 0.3) is 0 Å². The standard InChI is InChI=1S/C29H32NO3/c1-30(15-18-32-19-16-30)17-20-33-29-14-12-23-8-4-6-10-25(23)27(29)21-26-24-9-5-3-7-22(24)11-13-28(26)31-2/h3-14H,15-21H2,1-2H3/q+1. The lowest BCUT2D eigenvalue weighted by Gasteiger charge is -2.37. The molecule has 0 saturated carbocycles. The molecule has 5 rings (SSSR count). The van der Waals surface area contributed by atoms with E-state index >= 15 is 0 Å². The molecule has 0 aromatic heterocycles. The molecule has 1 saturated heterocycles. The molecule has 0 amide bonds. The van der Waals surface area contributed by atoms with Crippen molar-refractivity contribution < 1.29 is 18.7 Å². The first-order valence-corrected chi connectivity index (χ1v) is 11.8. The second-order valence-corrected chi connectivity index (χ2v) is 9.16. The van der Waals surface area contributed by atoms with Gasteiger partial charge in [-0.25, -0.2) is 0 Å². The minimum atomic E-state index is 0.689. The molecule has 0 N–H and O–H groups in total. The minimum absolute atomic E-state index is 0.689. The number of benzene rings is 4. The normalized spacial score (nSPS) is 15.6. The largest absolute Gasteiger partial charge is 0.496 e. The van der Waals surface area contributed by atoms with Gasteiger partial charge < -0.3 is 18.7 Å². The summed E-state index contributed by atoms with van der Waals surface area (Å²) in [6.07, 6.45) is 0.751. The number of likely N-dealkylation sites (N-methyl/N-ethyl adjacent to an activating group) is 1. The van der Waals surface area contributed by atoms with E-state index in [-0.39, 0.29) is 0 Å². The van der Waals surface area contributed by atoms with E-state index in [1.807, 2.05) is 0 Å². The molecule has 0 spiro atoms. The van der Waals surface area contributed by atoms with E-state index < -0.39 is 0 Å². The van der Waals surface area contributed by atoms with Crippen molar-refractivity contribution in [2.75, 3.05) is 53.6 Å². The topological polar surface area (TPSA) is 27.7 Å². The van der Waals surface area contributed by atoms with Crippen LogP contribution >= 0.6 is 0 Å². The summed E-state index contributed by atoms with van der Waals surface area (Å²) in [6.45, 7) is 5.42. The van der Waals surface area contributed by atoms with Crippen LogP contribution in [0.25, 0.3) is 21.5 Å². The molecule has 4 aromatic carbocycles. The van der Waals surface area contributed by atoms with E-state index in [4.69, 9.17) is 14.2 Å². The van der Waals surface area contributed by atoms with Gasteiger partial charge in [0.05, 0.1) is 27.4 Å². The Morgan fingerprint density at radius 2 is 1.33 bits per heavy atom. The fourth-order valence-electron chi connectivity index (χ4n) is 4.88. The molecule has 0 unspecified atom stereocenters. The molecule has 4 nitrogen and oxygen atoms in total. The second-order valence-electron chi connectivity index (χ2n) is 9.16. The lowest BCUT2D eigenvalue weighted by molar-refractivity contribution is -0.916. The van der Waals surface area contributed by atoms with Crippen LogP contribution in [0, 0.1) is 0 Å². The smallest absolute Gasteiger partial charge is 0.137 e. The van der Waals surface area contributed by atoms with Gasteiger partial charge in [0.1, 0.15) is 37.7 Å². The zero-order chi connectivity index (χ0) is 22.7. The summed E-state index contributed by atoms with van der Waals surface area (Å²) in [7, 11) is 4.05. The van der Waals surface area contributed by atoms with Gasteiger partial charge in [-0.1, -0.05) is 60.7 Å². The van der Waals surface area contributed by atoms with Gasteiger partial charge in [0.15, 0.2) is 0 Å². The van der Waals surface area contributed by atoms with Crippen LogP contribution in [0.3, 0.4) is 0 Å². The summed E-state index contributed by atoms with van der Waals surface area (Å²) in [5, 5.41) is 4.91. The Labute approximate surface area is 195 Å². The predicted molar refractivity (Wildman–Crippen MR) is 134 cm³/mol. The van der Waals surface area contributed by atoms with Gasteiger partial charge in [-0.3, -0.25) is 0 Å². The molecule has 1 aliphatic heterocycles. The molecule has 4 aromatic rings. The van der Waals surface area contributed by atoms with Gasteiger partial charge in [0.2, 0.25) is 0 Å². The number of hydrogen-bond acceptors (Lipinski definition) is 3. The van der Waals surface area contributed by atoms with E-state index in [1.54, 1.807) is 7.11 Å². The van der Waals surface area contributed by atoms with Crippen LogP contribution in [0.1, 0.15) is 11.1 Å². The van der Waals surface area contributed by atoms with Crippen molar-refractivity contribution in [1.82, 2.24) is 0 Å². The Kier molecular flexibility index (Phi) is 6.21. The van der Waals surface area contributed by atoms with Gasteiger partial charge in [-0.05, 0) is 33.7 Å². The summed E-state index contributed by atoms with van der Waals surface area (Å²) in [5.41, 5.74) is 2.41. The molecule has 4 heteroatoms. The quantitative estimate of drug-likeness (QED) is 0.356. The first kappa shape index (κ1) is 21.7. The van der Waals surface area contributed by atoms with Crippen molar-refractivity contribution >= 4 is 21.5 Å². The molecule has 0 bridgehead atoms. The first-order chi connectivity index (χ1) is 16.2. The average molecular weight is 443 g/mol.